The Labute approximate surface area is 212 Å². The molecule has 36 heavy (non-hydrogen) atoms. The number of carbonyl (C=O) groups excluding carboxylic acids is 2. The number of amides is 2. The molecule has 0 unspecified atom stereocenters. The molecule has 3 aromatic rings. The van der Waals surface area contributed by atoms with Gasteiger partial charge in [-0.2, -0.15) is 0 Å². The largest absolute Gasteiger partial charge is 0.497 e. The summed E-state index contributed by atoms with van der Waals surface area (Å²) >= 11 is 0. The molecule has 0 aliphatic heterocycles. The van der Waals surface area contributed by atoms with Gasteiger partial charge >= 0.3 is 0 Å². The van der Waals surface area contributed by atoms with E-state index in [2.05, 4.69) is 5.32 Å². The van der Waals surface area contributed by atoms with Crippen molar-refractivity contribution in [2.75, 3.05) is 20.3 Å². The van der Waals surface area contributed by atoms with E-state index in [1.165, 1.54) is 11.0 Å². The van der Waals surface area contributed by atoms with Gasteiger partial charge in [-0.25, -0.2) is 4.39 Å². The van der Waals surface area contributed by atoms with Gasteiger partial charge in [0.05, 0.1) is 7.11 Å². The maximum atomic E-state index is 14.6. The topological polar surface area (TPSA) is 67.9 Å². The van der Waals surface area contributed by atoms with Crippen LogP contribution < -0.4 is 14.8 Å². The fourth-order valence-electron chi connectivity index (χ4n) is 3.69. The molecule has 1 atom stereocenters. The van der Waals surface area contributed by atoms with E-state index in [1.54, 1.807) is 49.6 Å². The highest BCUT2D eigenvalue weighted by molar-refractivity contribution is 5.88. The third-order valence-electron chi connectivity index (χ3n) is 5.68. The SMILES string of the molecule is COc1ccc(OCC(=O)N(Cc2ccccc2F)[C@@H](Cc2ccccc2)C(=O)NCC(C)C)cc1. The van der Waals surface area contributed by atoms with E-state index in [-0.39, 0.29) is 31.4 Å². The van der Waals surface area contributed by atoms with Crippen LogP contribution in [-0.4, -0.2) is 43.0 Å². The van der Waals surface area contributed by atoms with E-state index in [0.29, 0.717) is 23.6 Å². The first kappa shape index (κ1) is 26.7. The number of ether oxygens (including phenoxy) is 2. The van der Waals surface area contributed by atoms with Crippen LogP contribution in [0.3, 0.4) is 0 Å². The van der Waals surface area contributed by atoms with Crippen LogP contribution in [-0.2, 0) is 22.6 Å². The van der Waals surface area contributed by atoms with Crippen LogP contribution in [0.25, 0.3) is 0 Å². The van der Waals surface area contributed by atoms with Gasteiger partial charge in [0.2, 0.25) is 5.91 Å². The number of rotatable bonds is 12. The van der Waals surface area contributed by atoms with E-state index in [4.69, 9.17) is 9.47 Å². The molecule has 0 aliphatic carbocycles. The Hall–Kier alpha value is -3.87. The number of nitrogens with zero attached hydrogens (tertiary/aromatic N) is 1. The normalized spacial score (nSPS) is 11.6. The van der Waals surface area contributed by atoms with Gasteiger partial charge in [-0.3, -0.25) is 9.59 Å². The molecule has 0 saturated carbocycles. The Morgan fingerprint density at radius 1 is 0.917 bits per heavy atom. The number of hydrogen-bond donors (Lipinski definition) is 1. The predicted octanol–water partition coefficient (Wildman–Crippen LogP) is 4.63. The molecule has 2 amide bonds. The molecule has 0 radical (unpaired) electrons. The van der Waals surface area contributed by atoms with Crippen molar-refractivity contribution in [3.05, 3.63) is 95.8 Å². The highest BCUT2D eigenvalue weighted by Crippen LogP contribution is 2.19. The molecule has 1 N–H and O–H groups in total. The van der Waals surface area contributed by atoms with Crippen molar-refractivity contribution >= 4 is 11.8 Å². The molecule has 3 aromatic carbocycles. The number of halogens is 1. The van der Waals surface area contributed by atoms with Crippen LogP contribution in [0.1, 0.15) is 25.0 Å². The molecule has 0 spiro atoms. The maximum absolute atomic E-state index is 14.6. The van der Waals surface area contributed by atoms with Crippen LogP contribution in [0, 0.1) is 11.7 Å². The van der Waals surface area contributed by atoms with Crippen molar-refractivity contribution in [1.82, 2.24) is 10.2 Å². The lowest BCUT2D eigenvalue weighted by molar-refractivity contribution is -0.142. The second kappa shape index (κ2) is 13.3. The molecule has 0 bridgehead atoms. The van der Waals surface area contributed by atoms with E-state index in [1.807, 2.05) is 44.2 Å². The smallest absolute Gasteiger partial charge is 0.261 e. The van der Waals surface area contributed by atoms with Gasteiger partial charge in [0.15, 0.2) is 6.61 Å². The Balaban J connectivity index is 1.89. The molecular formula is C29H33FN2O4. The summed E-state index contributed by atoms with van der Waals surface area (Å²) in [6, 6.07) is 21.7. The molecule has 0 heterocycles. The third kappa shape index (κ3) is 7.83. The summed E-state index contributed by atoms with van der Waals surface area (Å²) in [6.07, 6.45) is 0.285. The van der Waals surface area contributed by atoms with E-state index in [9.17, 15) is 14.0 Å². The average Bonchev–Trinajstić information content (AvgIpc) is 2.89. The zero-order valence-corrected chi connectivity index (χ0v) is 20.9. The highest BCUT2D eigenvalue weighted by atomic mass is 19.1. The summed E-state index contributed by atoms with van der Waals surface area (Å²) in [6.45, 7) is 4.09. The maximum Gasteiger partial charge on any atom is 0.261 e. The van der Waals surface area contributed by atoms with Crippen molar-refractivity contribution in [3.63, 3.8) is 0 Å². The van der Waals surface area contributed by atoms with Crippen molar-refractivity contribution in [3.8, 4) is 11.5 Å². The van der Waals surface area contributed by atoms with E-state index in [0.717, 1.165) is 5.56 Å². The van der Waals surface area contributed by atoms with Crippen LogP contribution >= 0.6 is 0 Å². The standard InChI is InChI=1S/C29H33FN2O4/c1-21(2)18-31-29(34)27(17-22-9-5-4-6-10-22)32(19-23-11-7-8-12-26(23)30)28(33)20-36-25-15-13-24(35-3)14-16-25/h4-16,21,27H,17-20H2,1-3H3,(H,31,34)/t27-/m0/s1. The summed E-state index contributed by atoms with van der Waals surface area (Å²) in [7, 11) is 1.57. The number of nitrogens with one attached hydrogen (secondary N) is 1. The first-order chi connectivity index (χ1) is 17.4. The number of carbonyl (C=O) groups is 2. The number of benzene rings is 3. The summed E-state index contributed by atoms with van der Waals surface area (Å²) < 4.78 is 25.5. The summed E-state index contributed by atoms with van der Waals surface area (Å²) in [5.74, 6) is 0.239. The molecule has 3 rings (SSSR count). The Morgan fingerprint density at radius 3 is 2.19 bits per heavy atom. The summed E-state index contributed by atoms with van der Waals surface area (Å²) in [4.78, 5) is 28.3. The van der Waals surface area contributed by atoms with Crippen molar-refractivity contribution in [2.24, 2.45) is 5.92 Å². The Morgan fingerprint density at radius 2 is 1.56 bits per heavy atom. The minimum absolute atomic E-state index is 0.0654. The fourth-order valence-corrected chi connectivity index (χ4v) is 3.69. The molecule has 190 valence electrons. The van der Waals surface area contributed by atoms with Crippen LogP contribution in [0.2, 0.25) is 0 Å². The predicted molar refractivity (Wildman–Crippen MR) is 137 cm³/mol. The molecule has 0 aromatic heterocycles. The summed E-state index contributed by atoms with van der Waals surface area (Å²) in [5, 5.41) is 2.94. The lowest BCUT2D eigenvalue weighted by Crippen LogP contribution is -2.52. The number of methoxy groups -OCH3 is 1. The first-order valence-electron chi connectivity index (χ1n) is 12.0. The van der Waals surface area contributed by atoms with E-state index >= 15 is 0 Å². The first-order valence-corrected chi connectivity index (χ1v) is 12.0. The minimum Gasteiger partial charge on any atom is -0.497 e. The van der Waals surface area contributed by atoms with Gasteiger partial charge in [0.1, 0.15) is 23.4 Å². The molecular weight excluding hydrogens is 459 g/mol. The second-order valence-corrected chi connectivity index (χ2v) is 8.92. The zero-order valence-electron chi connectivity index (χ0n) is 20.9. The van der Waals surface area contributed by atoms with Crippen molar-refractivity contribution < 1.29 is 23.5 Å². The lowest BCUT2D eigenvalue weighted by Gasteiger charge is -2.31. The van der Waals surface area contributed by atoms with Crippen LogP contribution in [0.5, 0.6) is 11.5 Å². The van der Waals surface area contributed by atoms with Gasteiger partial charge in [-0.05, 0) is 41.8 Å². The van der Waals surface area contributed by atoms with Crippen molar-refractivity contribution in [2.45, 2.75) is 32.9 Å². The molecule has 0 fully saturated rings. The van der Waals surface area contributed by atoms with Crippen LogP contribution in [0.4, 0.5) is 4.39 Å². The monoisotopic (exact) mass is 492 g/mol. The number of hydrogen-bond acceptors (Lipinski definition) is 4. The second-order valence-electron chi connectivity index (χ2n) is 8.92. The van der Waals surface area contributed by atoms with Gasteiger partial charge in [0, 0.05) is 25.1 Å². The van der Waals surface area contributed by atoms with Gasteiger partial charge in [-0.1, -0.05) is 62.4 Å². The zero-order chi connectivity index (χ0) is 25.9. The minimum atomic E-state index is -0.849. The quantitative estimate of drug-likeness (QED) is 0.401. The van der Waals surface area contributed by atoms with Crippen LogP contribution in [0.15, 0.2) is 78.9 Å². The van der Waals surface area contributed by atoms with E-state index < -0.39 is 17.8 Å². The average molecular weight is 493 g/mol. The Kier molecular flexibility index (Phi) is 9.86. The summed E-state index contributed by atoms with van der Waals surface area (Å²) in [5.41, 5.74) is 1.22. The third-order valence-corrected chi connectivity index (χ3v) is 5.68. The fraction of sp³-hybridized carbons (Fsp3) is 0.310. The highest BCUT2D eigenvalue weighted by Gasteiger charge is 2.31. The molecule has 7 heteroatoms. The molecule has 0 saturated heterocycles. The Bertz CT molecular complexity index is 1120. The van der Waals surface area contributed by atoms with Gasteiger partial charge in [-0.15, -0.1) is 0 Å². The van der Waals surface area contributed by atoms with Gasteiger partial charge < -0.3 is 19.7 Å². The van der Waals surface area contributed by atoms with Crippen molar-refractivity contribution in [1.29, 1.82) is 0 Å². The molecule has 0 aliphatic rings. The molecule has 6 nitrogen and oxygen atoms in total. The van der Waals surface area contributed by atoms with Gasteiger partial charge in [0.25, 0.3) is 5.91 Å². The lowest BCUT2D eigenvalue weighted by atomic mass is 10.0.